The second-order valence-electron chi connectivity index (χ2n) is 3.84. The second-order valence-corrected chi connectivity index (χ2v) is 5.08. The minimum Gasteiger partial charge on any atom is -0.457 e. The van der Waals surface area contributed by atoms with Gasteiger partial charge in [0, 0.05) is 15.7 Å². The number of hydrogen-bond acceptors (Lipinski definition) is 2. The first-order valence-corrected chi connectivity index (χ1v) is 6.63. The standard InChI is InChI=1S/C14H13FINO/c1-17-9-10-8-11(15)2-7-14(10)18-13-5-3-12(16)4-6-13/h2-8,17H,9H2,1H3. The number of hydrogen-bond donors (Lipinski definition) is 1. The predicted molar refractivity (Wildman–Crippen MR) is 78.4 cm³/mol. The number of benzene rings is 2. The van der Waals surface area contributed by atoms with Gasteiger partial charge in [-0.3, -0.25) is 0 Å². The first kappa shape index (κ1) is 13.3. The Morgan fingerprint density at radius 2 is 1.89 bits per heavy atom. The Kier molecular flexibility index (Phi) is 4.54. The average molecular weight is 357 g/mol. The van der Waals surface area contributed by atoms with Crippen LogP contribution in [0.1, 0.15) is 5.56 Å². The van der Waals surface area contributed by atoms with Crippen LogP contribution in [0.3, 0.4) is 0 Å². The van der Waals surface area contributed by atoms with Gasteiger partial charge in [0.2, 0.25) is 0 Å². The Hall–Kier alpha value is -1.14. The lowest BCUT2D eigenvalue weighted by molar-refractivity contribution is 0.471. The third kappa shape index (κ3) is 3.43. The third-order valence-corrected chi connectivity index (χ3v) is 3.15. The van der Waals surface area contributed by atoms with E-state index in [0.29, 0.717) is 12.3 Å². The van der Waals surface area contributed by atoms with Crippen molar-refractivity contribution in [3.8, 4) is 11.5 Å². The zero-order valence-electron chi connectivity index (χ0n) is 9.91. The summed E-state index contributed by atoms with van der Waals surface area (Å²) in [5.41, 5.74) is 0.802. The summed E-state index contributed by atoms with van der Waals surface area (Å²) in [5, 5.41) is 3.00. The van der Waals surface area contributed by atoms with E-state index in [-0.39, 0.29) is 5.82 Å². The summed E-state index contributed by atoms with van der Waals surface area (Å²) < 4.78 is 20.1. The smallest absolute Gasteiger partial charge is 0.132 e. The molecule has 0 spiro atoms. The van der Waals surface area contributed by atoms with Gasteiger partial charge in [-0.1, -0.05) is 0 Å². The molecule has 0 atom stereocenters. The van der Waals surface area contributed by atoms with Crippen molar-refractivity contribution in [3.63, 3.8) is 0 Å². The van der Waals surface area contributed by atoms with Crippen LogP contribution in [-0.4, -0.2) is 7.05 Å². The van der Waals surface area contributed by atoms with Gasteiger partial charge < -0.3 is 10.1 Å². The number of halogens is 2. The van der Waals surface area contributed by atoms with E-state index >= 15 is 0 Å². The van der Waals surface area contributed by atoms with Crippen molar-refractivity contribution in [1.29, 1.82) is 0 Å². The molecular weight excluding hydrogens is 344 g/mol. The van der Waals surface area contributed by atoms with E-state index in [1.807, 2.05) is 31.3 Å². The number of nitrogens with one attached hydrogen (secondary N) is 1. The fraction of sp³-hybridized carbons (Fsp3) is 0.143. The maximum absolute atomic E-state index is 13.2. The van der Waals surface area contributed by atoms with E-state index in [2.05, 4.69) is 27.9 Å². The van der Waals surface area contributed by atoms with Crippen molar-refractivity contribution in [1.82, 2.24) is 5.32 Å². The predicted octanol–water partition coefficient (Wildman–Crippen LogP) is 3.94. The zero-order chi connectivity index (χ0) is 13.0. The topological polar surface area (TPSA) is 21.3 Å². The molecule has 0 unspecified atom stereocenters. The van der Waals surface area contributed by atoms with Crippen LogP contribution in [0.5, 0.6) is 11.5 Å². The van der Waals surface area contributed by atoms with Crippen molar-refractivity contribution < 1.29 is 9.13 Å². The first-order chi connectivity index (χ1) is 8.69. The molecule has 4 heteroatoms. The molecule has 2 nitrogen and oxygen atoms in total. The van der Waals surface area contributed by atoms with Crippen LogP contribution in [0.15, 0.2) is 42.5 Å². The largest absolute Gasteiger partial charge is 0.457 e. The van der Waals surface area contributed by atoms with Crippen LogP contribution in [0, 0.1) is 9.39 Å². The molecule has 0 aliphatic heterocycles. The van der Waals surface area contributed by atoms with E-state index in [4.69, 9.17) is 4.74 Å². The van der Waals surface area contributed by atoms with E-state index in [1.165, 1.54) is 12.1 Å². The Bertz CT molecular complexity index is 528. The molecule has 0 aliphatic rings. The molecule has 0 aromatic heterocycles. The second kappa shape index (κ2) is 6.15. The molecule has 0 saturated carbocycles. The fourth-order valence-corrected chi connectivity index (χ4v) is 1.97. The van der Waals surface area contributed by atoms with Gasteiger partial charge in [-0.2, -0.15) is 0 Å². The zero-order valence-corrected chi connectivity index (χ0v) is 12.1. The summed E-state index contributed by atoms with van der Waals surface area (Å²) in [6, 6.07) is 12.3. The molecule has 94 valence electrons. The minimum atomic E-state index is -0.254. The van der Waals surface area contributed by atoms with Gasteiger partial charge in [0.1, 0.15) is 17.3 Å². The molecule has 0 radical (unpaired) electrons. The fourth-order valence-electron chi connectivity index (χ4n) is 1.61. The average Bonchev–Trinajstić information content (AvgIpc) is 2.36. The Morgan fingerprint density at radius 3 is 2.56 bits per heavy atom. The van der Waals surface area contributed by atoms with Crippen LogP contribution < -0.4 is 10.1 Å². The highest BCUT2D eigenvalue weighted by Gasteiger charge is 2.06. The summed E-state index contributed by atoms with van der Waals surface area (Å²) in [4.78, 5) is 0. The highest BCUT2D eigenvalue weighted by Crippen LogP contribution is 2.26. The summed E-state index contributed by atoms with van der Waals surface area (Å²) in [5.74, 6) is 1.17. The van der Waals surface area contributed by atoms with Gasteiger partial charge >= 0.3 is 0 Å². The first-order valence-electron chi connectivity index (χ1n) is 5.55. The molecular formula is C14H13FINO. The van der Waals surface area contributed by atoms with E-state index in [0.717, 1.165) is 14.9 Å². The molecule has 0 fully saturated rings. The molecule has 0 bridgehead atoms. The van der Waals surface area contributed by atoms with E-state index < -0.39 is 0 Å². The lowest BCUT2D eigenvalue weighted by Crippen LogP contribution is -2.06. The summed E-state index contributed by atoms with van der Waals surface area (Å²) in [6.45, 7) is 0.567. The van der Waals surface area contributed by atoms with Gasteiger partial charge in [0.15, 0.2) is 0 Å². The van der Waals surface area contributed by atoms with Gasteiger partial charge in [-0.05, 0) is 72.1 Å². The molecule has 2 rings (SSSR count). The number of rotatable bonds is 4. The van der Waals surface area contributed by atoms with Gasteiger partial charge in [-0.25, -0.2) is 4.39 Å². The molecule has 0 aliphatic carbocycles. The van der Waals surface area contributed by atoms with Crippen molar-refractivity contribution in [3.05, 3.63) is 57.4 Å². The molecule has 2 aromatic carbocycles. The molecule has 0 heterocycles. The molecule has 0 amide bonds. The summed E-state index contributed by atoms with van der Waals surface area (Å²) in [7, 11) is 1.82. The van der Waals surface area contributed by atoms with Crippen LogP contribution in [0.25, 0.3) is 0 Å². The molecule has 2 aromatic rings. The van der Waals surface area contributed by atoms with E-state index in [1.54, 1.807) is 6.07 Å². The van der Waals surface area contributed by atoms with E-state index in [9.17, 15) is 4.39 Å². The van der Waals surface area contributed by atoms with Crippen molar-refractivity contribution in [2.45, 2.75) is 6.54 Å². The van der Waals surface area contributed by atoms with Crippen molar-refractivity contribution in [2.75, 3.05) is 7.05 Å². The maximum Gasteiger partial charge on any atom is 0.132 e. The third-order valence-electron chi connectivity index (χ3n) is 2.43. The minimum absolute atomic E-state index is 0.254. The van der Waals surface area contributed by atoms with Gasteiger partial charge in [0.25, 0.3) is 0 Å². The van der Waals surface area contributed by atoms with Gasteiger partial charge in [0.05, 0.1) is 0 Å². The van der Waals surface area contributed by atoms with Gasteiger partial charge in [-0.15, -0.1) is 0 Å². The van der Waals surface area contributed by atoms with Crippen molar-refractivity contribution in [2.24, 2.45) is 0 Å². The summed E-state index contributed by atoms with van der Waals surface area (Å²) in [6.07, 6.45) is 0. The van der Waals surface area contributed by atoms with Crippen LogP contribution >= 0.6 is 22.6 Å². The highest BCUT2D eigenvalue weighted by molar-refractivity contribution is 14.1. The van der Waals surface area contributed by atoms with Crippen LogP contribution in [0.2, 0.25) is 0 Å². The Labute approximate surface area is 119 Å². The molecule has 18 heavy (non-hydrogen) atoms. The van der Waals surface area contributed by atoms with Crippen LogP contribution in [0.4, 0.5) is 4.39 Å². The molecule has 1 N–H and O–H groups in total. The number of ether oxygens (including phenoxy) is 1. The lowest BCUT2D eigenvalue weighted by atomic mass is 10.2. The maximum atomic E-state index is 13.2. The van der Waals surface area contributed by atoms with Crippen LogP contribution in [-0.2, 0) is 6.54 Å². The lowest BCUT2D eigenvalue weighted by Gasteiger charge is -2.11. The monoisotopic (exact) mass is 357 g/mol. The highest BCUT2D eigenvalue weighted by atomic mass is 127. The Balaban J connectivity index is 2.25. The Morgan fingerprint density at radius 1 is 1.17 bits per heavy atom. The normalized spacial score (nSPS) is 10.4. The molecule has 0 saturated heterocycles. The SMILES string of the molecule is CNCc1cc(F)ccc1Oc1ccc(I)cc1. The van der Waals surface area contributed by atoms with Crippen molar-refractivity contribution >= 4 is 22.6 Å². The summed E-state index contributed by atoms with van der Waals surface area (Å²) >= 11 is 2.24. The quantitative estimate of drug-likeness (QED) is 0.837.